The molecule has 0 saturated heterocycles. The molecule has 3 aromatic rings. The molecule has 1 amide bonds. The van der Waals surface area contributed by atoms with Crippen molar-refractivity contribution in [1.29, 1.82) is 0 Å². The highest BCUT2D eigenvalue weighted by atomic mass is 16.7. The Morgan fingerprint density at radius 2 is 2.08 bits per heavy atom. The van der Waals surface area contributed by atoms with Crippen LogP contribution in [0.25, 0.3) is 11.0 Å². The third-order valence-electron chi connectivity index (χ3n) is 4.28. The quantitative estimate of drug-likeness (QED) is 0.762. The summed E-state index contributed by atoms with van der Waals surface area (Å²) in [5.74, 6) is 1.43. The number of amides is 1. The number of hydrogen-bond donors (Lipinski definition) is 1. The zero-order valence-electron chi connectivity index (χ0n) is 14.7. The standard InChI is InChI=1S/C19H20N4O3/c1-12(2)23-19-14(9-21-23)8-15(10-20-19)22-18(24)6-4-13-3-5-16-17(7-13)26-11-25-16/h3,5,7-10,12H,4,6,11H2,1-2H3,(H,22,24). The topological polar surface area (TPSA) is 78.3 Å². The van der Waals surface area contributed by atoms with Crippen LogP contribution in [-0.4, -0.2) is 27.5 Å². The SMILES string of the molecule is CC(C)n1ncc2cc(NC(=O)CCc3ccc4c(c3)OCO4)cnc21. The van der Waals surface area contributed by atoms with E-state index in [1.807, 2.05) is 28.9 Å². The molecule has 0 atom stereocenters. The number of anilines is 1. The summed E-state index contributed by atoms with van der Waals surface area (Å²) in [5.41, 5.74) is 2.53. The molecule has 2 aromatic heterocycles. The maximum Gasteiger partial charge on any atom is 0.231 e. The van der Waals surface area contributed by atoms with E-state index in [0.29, 0.717) is 18.5 Å². The molecule has 0 fully saturated rings. The van der Waals surface area contributed by atoms with Gasteiger partial charge in [-0.15, -0.1) is 0 Å². The molecule has 0 radical (unpaired) electrons. The number of carbonyl (C=O) groups is 1. The summed E-state index contributed by atoms with van der Waals surface area (Å²) in [6, 6.07) is 7.88. The van der Waals surface area contributed by atoms with Gasteiger partial charge >= 0.3 is 0 Å². The Balaban J connectivity index is 1.39. The number of benzene rings is 1. The highest BCUT2D eigenvalue weighted by molar-refractivity contribution is 5.92. The molecule has 7 nitrogen and oxygen atoms in total. The monoisotopic (exact) mass is 352 g/mol. The second kappa shape index (κ2) is 6.67. The van der Waals surface area contributed by atoms with Crippen LogP contribution in [0.2, 0.25) is 0 Å². The van der Waals surface area contributed by atoms with E-state index < -0.39 is 0 Å². The molecule has 0 aliphatic carbocycles. The average molecular weight is 352 g/mol. The van der Waals surface area contributed by atoms with Crippen molar-refractivity contribution in [3.05, 3.63) is 42.2 Å². The van der Waals surface area contributed by atoms with Gasteiger partial charge in [0, 0.05) is 17.8 Å². The molecule has 0 unspecified atom stereocenters. The van der Waals surface area contributed by atoms with Crippen LogP contribution in [-0.2, 0) is 11.2 Å². The summed E-state index contributed by atoms with van der Waals surface area (Å²) in [5, 5.41) is 8.15. The first-order chi connectivity index (χ1) is 12.6. The lowest BCUT2D eigenvalue weighted by Gasteiger charge is -2.08. The number of nitrogens with one attached hydrogen (secondary N) is 1. The van der Waals surface area contributed by atoms with E-state index >= 15 is 0 Å². The average Bonchev–Trinajstić information content (AvgIpc) is 3.25. The molecule has 3 heterocycles. The van der Waals surface area contributed by atoms with E-state index in [9.17, 15) is 4.79 Å². The number of carbonyl (C=O) groups excluding carboxylic acids is 1. The van der Waals surface area contributed by atoms with E-state index in [0.717, 1.165) is 28.1 Å². The normalized spacial score (nSPS) is 12.7. The molecule has 1 aromatic carbocycles. The predicted octanol–water partition coefficient (Wildman–Crippen LogP) is 3.31. The second-order valence-electron chi connectivity index (χ2n) is 6.56. The van der Waals surface area contributed by atoms with Crippen LogP contribution in [0.4, 0.5) is 5.69 Å². The molecular formula is C19H20N4O3. The first kappa shape index (κ1) is 16.4. The van der Waals surface area contributed by atoms with Gasteiger partial charge in [-0.1, -0.05) is 6.07 Å². The number of rotatable bonds is 5. The van der Waals surface area contributed by atoms with Crippen molar-refractivity contribution in [2.24, 2.45) is 0 Å². The lowest BCUT2D eigenvalue weighted by molar-refractivity contribution is -0.116. The first-order valence-corrected chi connectivity index (χ1v) is 8.62. The van der Waals surface area contributed by atoms with Crippen LogP contribution in [0.5, 0.6) is 11.5 Å². The highest BCUT2D eigenvalue weighted by Crippen LogP contribution is 2.32. The van der Waals surface area contributed by atoms with E-state index in [2.05, 4.69) is 29.2 Å². The first-order valence-electron chi connectivity index (χ1n) is 8.62. The molecule has 1 aliphatic rings. The molecule has 1 aliphatic heterocycles. The summed E-state index contributed by atoms with van der Waals surface area (Å²) in [7, 11) is 0. The van der Waals surface area contributed by atoms with Gasteiger partial charge in [0.15, 0.2) is 17.1 Å². The molecule has 0 bridgehead atoms. The Morgan fingerprint density at radius 3 is 2.92 bits per heavy atom. The van der Waals surface area contributed by atoms with Crippen molar-refractivity contribution in [3.8, 4) is 11.5 Å². The van der Waals surface area contributed by atoms with E-state index in [1.54, 1.807) is 12.4 Å². The Labute approximate surface area is 150 Å². The molecule has 7 heteroatoms. The van der Waals surface area contributed by atoms with Gasteiger partial charge in [0.2, 0.25) is 12.7 Å². The zero-order valence-corrected chi connectivity index (χ0v) is 14.7. The number of pyridine rings is 1. The molecular weight excluding hydrogens is 332 g/mol. The third-order valence-corrected chi connectivity index (χ3v) is 4.28. The maximum atomic E-state index is 12.3. The summed E-state index contributed by atoms with van der Waals surface area (Å²) in [6.07, 6.45) is 4.44. The minimum absolute atomic E-state index is 0.0555. The Hall–Kier alpha value is -3.09. The van der Waals surface area contributed by atoms with Gasteiger partial charge in [-0.25, -0.2) is 9.67 Å². The summed E-state index contributed by atoms with van der Waals surface area (Å²) in [4.78, 5) is 16.7. The van der Waals surface area contributed by atoms with Crippen molar-refractivity contribution in [2.75, 3.05) is 12.1 Å². The lowest BCUT2D eigenvalue weighted by atomic mass is 10.1. The van der Waals surface area contributed by atoms with Gasteiger partial charge in [-0.2, -0.15) is 5.10 Å². The van der Waals surface area contributed by atoms with Crippen LogP contribution in [0, 0.1) is 0 Å². The second-order valence-corrected chi connectivity index (χ2v) is 6.56. The van der Waals surface area contributed by atoms with Crippen LogP contribution in [0.3, 0.4) is 0 Å². The van der Waals surface area contributed by atoms with Crippen molar-refractivity contribution in [3.63, 3.8) is 0 Å². The zero-order chi connectivity index (χ0) is 18.1. The highest BCUT2D eigenvalue weighted by Gasteiger charge is 2.14. The smallest absolute Gasteiger partial charge is 0.231 e. The van der Waals surface area contributed by atoms with Gasteiger partial charge in [0.25, 0.3) is 0 Å². The van der Waals surface area contributed by atoms with Crippen molar-refractivity contribution < 1.29 is 14.3 Å². The molecule has 134 valence electrons. The summed E-state index contributed by atoms with van der Waals surface area (Å²) < 4.78 is 12.5. The fourth-order valence-corrected chi connectivity index (χ4v) is 2.96. The van der Waals surface area contributed by atoms with Crippen LogP contribution in [0.15, 0.2) is 36.7 Å². The van der Waals surface area contributed by atoms with E-state index in [4.69, 9.17) is 9.47 Å². The number of hydrogen-bond acceptors (Lipinski definition) is 5. The number of aryl methyl sites for hydroxylation is 1. The minimum Gasteiger partial charge on any atom is -0.454 e. The summed E-state index contributed by atoms with van der Waals surface area (Å²) in [6.45, 7) is 4.36. The summed E-state index contributed by atoms with van der Waals surface area (Å²) >= 11 is 0. The predicted molar refractivity (Wildman–Crippen MR) is 97.4 cm³/mol. The molecule has 4 rings (SSSR count). The van der Waals surface area contributed by atoms with Gasteiger partial charge in [-0.3, -0.25) is 4.79 Å². The molecule has 26 heavy (non-hydrogen) atoms. The number of aromatic nitrogens is 3. The Bertz CT molecular complexity index is 965. The molecule has 1 N–H and O–H groups in total. The third kappa shape index (κ3) is 3.20. The van der Waals surface area contributed by atoms with Crippen molar-refractivity contribution in [1.82, 2.24) is 14.8 Å². The van der Waals surface area contributed by atoms with Gasteiger partial charge < -0.3 is 14.8 Å². The Kier molecular flexibility index (Phi) is 4.20. The minimum atomic E-state index is -0.0555. The van der Waals surface area contributed by atoms with Crippen LogP contribution < -0.4 is 14.8 Å². The Morgan fingerprint density at radius 1 is 1.23 bits per heavy atom. The van der Waals surface area contributed by atoms with Crippen molar-refractivity contribution in [2.45, 2.75) is 32.7 Å². The number of fused-ring (bicyclic) bond motifs is 2. The van der Waals surface area contributed by atoms with Crippen molar-refractivity contribution >= 4 is 22.6 Å². The molecule has 0 saturated carbocycles. The lowest BCUT2D eigenvalue weighted by Crippen LogP contribution is -2.12. The van der Waals surface area contributed by atoms with Crippen LogP contribution in [0.1, 0.15) is 31.9 Å². The van der Waals surface area contributed by atoms with Gasteiger partial charge in [-0.05, 0) is 44.0 Å². The largest absolute Gasteiger partial charge is 0.454 e. The van der Waals surface area contributed by atoms with E-state index in [-0.39, 0.29) is 18.7 Å². The van der Waals surface area contributed by atoms with Gasteiger partial charge in [0.05, 0.1) is 18.1 Å². The van der Waals surface area contributed by atoms with Crippen LogP contribution >= 0.6 is 0 Å². The number of ether oxygens (including phenoxy) is 2. The van der Waals surface area contributed by atoms with Gasteiger partial charge in [0.1, 0.15) is 0 Å². The fraction of sp³-hybridized carbons (Fsp3) is 0.316. The molecule has 0 spiro atoms. The fourth-order valence-electron chi connectivity index (χ4n) is 2.96. The maximum absolute atomic E-state index is 12.3. The van der Waals surface area contributed by atoms with E-state index in [1.165, 1.54) is 0 Å². The number of nitrogens with zero attached hydrogens (tertiary/aromatic N) is 3.